The number of aromatic nitrogens is 3. The highest BCUT2D eigenvalue weighted by atomic mass is 32.2. The van der Waals surface area contributed by atoms with Gasteiger partial charge in [-0.1, -0.05) is 30.3 Å². The number of amides is 1. The molecule has 1 aliphatic heterocycles. The summed E-state index contributed by atoms with van der Waals surface area (Å²) in [5, 5.41) is 3.97. The average Bonchev–Trinajstić information content (AvgIpc) is 3.39. The third kappa shape index (κ3) is 6.42. The lowest BCUT2D eigenvalue weighted by molar-refractivity contribution is -0.143. The molecule has 1 N–H and O–H groups in total. The second-order valence-corrected chi connectivity index (χ2v) is 12.7. The number of methoxy groups -OCH3 is 1. The molecule has 10 nitrogen and oxygen atoms in total. The zero-order chi connectivity index (χ0) is 31.8. The van der Waals surface area contributed by atoms with E-state index in [9.17, 15) is 26.4 Å². The van der Waals surface area contributed by atoms with Crippen molar-refractivity contribution in [3.05, 3.63) is 83.2 Å². The predicted octanol–water partition coefficient (Wildman–Crippen LogP) is 4.17. The van der Waals surface area contributed by atoms with Crippen molar-refractivity contribution >= 4 is 21.6 Å². The molecule has 0 spiro atoms. The van der Waals surface area contributed by atoms with Gasteiger partial charge in [-0.3, -0.25) is 9.69 Å². The number of rotatable bonds is 8. The second kappa shape index (κ2) is 12.2. The maximum absolute atomic E-state index is 14.4. The van der Waals surface area contributed by atoms with E-state index in [1.54, 1.807) is 29.2 Å². The fraction of sp³-hybridized carbons (Fsp3) is 0.367. The first-order valence-electron chi connectivity index (χ1n) is 13.9. The molecule has 2 atom stereocenters. The van der Waals surface area contributed by atoms with Crippen LogP contribution in [0.3, 0.4) is 0 Å². The molecule has 4 aromatic rings. The van der Waals surface area contributed by atoms with Crippen LogP contribution in [0.5, 0.6) is 5.75 Å². The van der Waals surface area contributed by atoms with E-state index < -0.39 is 27.8 Å². The molecule has 234 valence electrons. The van der Waals surface area contributed by atoms with Gasteiger partial charge in [0.1, 0.15) is 11.3 Å². The summed E-state index contributed by atoms with van der Waals surface area (Å²) in [5.41, 5.74) is 0.0973. The van der Waals surface area contributed by atoms with Gasteiger partial charge in [-0.2, -0.15) is 18.3 Å². The van der Waals surface area contributed by atoms with Crippen molar-refractivity contribution < 1.29 is 31.1 Å². The summed E-state index contributed by atoms with van der Waals surface area (Å²) in [7, 11) is -1.95. The highest BCUT2D eigenvalue weighted by Gasteiger charge is 2.40. The maximum atomic E-state index is 14.4. The van der Waals surface area contributed by atoms with Gasteiger partial charge in [0.25, 0.3) is 5.91 Å². The third-order valence-corrected chi connectivity index (χ3v) is 8.52. The third-order valence-electron chi connectivity index (χ3n) is 7.83. The Morgan fingerprint density at radius 2 is 1.80 bits per heavy atom. The Hall–Kier alpha value is -4.01. The predicted molar refractivity (Wildman–Crippen MR) is 159 cm³/mol. The van der Waals surface area contributed by atoms with E-state index in [0.29, 0.717) is 28.9 Å². The standard InChI is InChI=1S/C30H33F3N6O4S/c1-19-18-37(25(17-35-44(4,41)42)21-8-6-5-7-9-21)14-15-38(19)29(40)24-16-34-39-27(30(31,32)33)20(2)26(36-28(24)39)22-10-12-23(43-3)13-11-22/h5-13,16,19,25,35H,14-15,17-18H2,1-4H3/t19-,25-/m1/s1. The Morgan fingerprint density at radius 3 is 2.39 bits per heavy atom. The molecule has 1 amide bonds. The van der Waals surface area contributed by atoms with Gasteiger partial charge in [0.2, 0.25) is 10.0 Å². The Morgan fingerprint density at radius 1 is 1.11 bits per heavy atom. The quantitative estimate of drug-likeness (QED) is 0.311. The molecule has 0 saturated carbocycles. The van der Waals surface area contributed by atoms with Crippen LogP contribution in [0.25, 0.3) is 16.9 Å². The summed E-state index contributed by atoms with van der Waals surface area (Å²) in [4.78, 5) is 22.1. The van der Waals surface area contributed by atoms with E-state index in [1.807, 2.05) is 37.3 Å². The molecule has 2 aromatic carbocycles. The number of nitrogens with one attached hydrogen (secondary N) is 1. The summed E-state index contributed by atoms with van der Waals surface area (Å²) in [5.74, 6) is 0.0568. The lowest BCUT2D eigenvalue weighted by Gasteiger charge is -2.43. The SMILES string of the molecule is COc1ccc(-c2nc3c(C(=O)N4CCN([C@H](CNS(C)(=O)=O)c5ccccc5)C[C@H]4C)cnn3c(C(F)(F)F)c2C)cc1. The fourth-order valence-corrected chi connectivity index (χ4v) is 6.14. The van der Waals surface area contributed by atoms with E-state index in [0.717, 1.165) is 18.0 Å². The first-order valence-corrected chi connectivity index (χ1v) is 15.8. The molecule has 5 rings (SSSR count). The second-order valence-electron chi connectivity index (χ2n) is 10.8. The molecule has 2 aromatic heterocycles. The maximum Gasteiger partial charge on any atom is 0.433 e. The number of hydrogen-bond acceptors (Lipinski definition) is 7. The number of ether oxygens (including phenoxy) is 1. The van der Waals surface area contributed by atoms with E-state index in [-0.39, 0.29) is 47.6 Å². The van der Waals surface area contributed by atoms with Crippen molar-refractivity contribution in [1.82, 2.24) is 29.1 Å². The summed E-state index contributed by atoms with van der Waals surface area (Å²) in [6, 6.07) is 15.3. The average molecular weight is 631 g/mol. The summed E-state index contributed by atoms with van der Waals surface area (Å²) in [6.07, 6.45) is -2.52. The zero-order valence-corrected chi connectivity index (χ0v) is 25.5. The minimum absolute atomic E-state index is 0.0380. The minimum Gasteiger partial charge on any atom is -0.497 e. The van der Waals surface area contributed by atoms with Gasteiger partial charge in [0.15, 0.2) is 11.3 Å². The molecule has 1 saturated heterocycles. The van der Waals surface area contributed by atoms with Crippen molar-refractivity contribution in [2.24, 2.45) is 0 Å². The fourth-order valence-electron chi connectivity index (χ4n) is 5.68. The molecular formula is C30H33F3N6O4S. The Labute approximate surface area is 253 Å². The number of piperazine rings is 1. The van der Waals surface area contributed by atoms with Gasteiger partial charge in [-0.05, 0) is 43.7 Å². The highest BCUT2D eigenvalue weighted by Crippen LogP contribution is 2.37. The van der Waals surface area contributed by atoms with Crippen LogP contribution >= 0.6 is 0 Å². The topological polar surface area (TPSA) is 109 Å². The van der Waals surface area contributed by atoms with E-state index in [2.05, 4.69) is 19.7 Å². The number of fused-ring (bicyclic) bond motifs is 1. The van der Waals surface area contributed by atoms with E-state index in [4.69, 9.17) is 4.74 Å². The van der Waals surface area contributed by atoms with Gasteiger partial charge < -0.3 is 9.64 Å². The van der Waals surface area contributed by atoms with Gasteiger partial charge in [-0.25, -0.2) is 22.6 Å². The van der Waals surface area contributed by atoms with Crippen molar-refractivity contribution in [2.75, 3.05) is 39.5 Å². The molecule has 1 fully saturated rings. The minimum atomic E-state index is -4.76. The van der Waals surface area contributed by atoms with Gasteiger partial charge in [-0.15, -0.1) is 0 Å². The lowest BCUT2D eigenvalue weighted by atomic mass is 10.0. The van der Waals surface area contributed by atoms with Crippen molar-refractivity contribution in [3.63, 3.8) is 0 Å². The molecule has 0 aliphatic carbocycles. The van der Waals surface area contributed by atoms with Crippen LogP contribution in [0.1, 0.15) is 40.1 Å². The monoisotopic (exact) mass is 630 g/mol. The smallest absolute Gasteiger partial charge is 0.433 e. The summed E-state index contributed by atoms with van der Waals surface area (Å²) >= 11 is 0. The molecule has 3 heterocycles. The first-order chi connectivity index (χ1) is 20.8. The lowest BCUT2D eigenvalue weighted by Crippen LogP contribution is -2.55. The van der Waals surface area contributed by atoms with Crippen LogP contribution in [-0.4, -0.2) is 84.3 Å². The Bertz CT molecular complexity index is 1760. The van der Waals surface area contributed by atoms with Crippen LogP contribution in [0.2, 0.25) is 0 Å². The number of alkyl halides is 3. The first kappa shape index (κ1) is 31.4. The number of benzene rings is 2. The summed E-state index contributed by atoms with van der Waals surface area (Å²) < 4.78 is 75.3. The van der Waals surface area contributed by atoms with Crippen LogP contribution in [0.15, 0.2) is 60.8 Å². The zero-order valence-electron chi connectivity index (χ0n) is 24.7. The van der Waals surface area contributed by atoms with Crippen LogP contribution in [-0.2, 0) is 16.2 Å². The Balaban J connectivity index is 1.47. The van der Waals surface area contributed by atoms with Gasteiger partial charge >= 0.3 is 6.18 Å². The van der Waals surface area contributed by atoms with E-state index in [1.165, 1.54) is 14.0 Å². The van der Waals surface area contributed by atoms with Gasteiger partial charge in [0.05, 0.1) is 25.3 Å². The number of carbonyl (C=O) groups is 1. The number of halogens is 3. The number of sulfonamides is 1. The number of hydrogen-bond donors (Lipinski definition) is 1. The molecule has 14 heteroatoms. The van der Waals surface area contributed by atoms with Gasteiger partial charge in [0, 0.05) is 49.4 Å². The van der Waals surface area contributed by atoms with Crippen molar-refractivity contribution in [3.8, 4) is 17.0 Å². The highest BCUT2D eigenvalue weighted by molar-refractivity contribution is 7.88. The van der Waals surface area contributed by atoms with Crippen molar-refractivity contribution in [1.29, 1.82) is 0 Å². The molecular weight excluding hydrogens is 597 g/mol. The Kier molecular flexibility index (Phi) is 8.69. The normalized spacial score (nSPS) is 17.2. The van der Waals surface area contributed by atoms with E-state index >= 15 is 0 Å². The van der Waals surface area contributed by atoms with Crippen LogP contribution in [0.4, 0.5) is 13.2 Å². The van der Waals surface area contributed by atoms with Crippen LogP contribution in [0, 0.1) is 6.92 Å². The molecule has 1 aliphatic rings. The number of nitrogens with zero attached hydrogens (tertiary/aromatic N) is 5. The van der Waals surface area contributed by atoms with Crippen LogP contribution < -0.4 is 9.46 Å². The largest absolute Gasteiger partial charge is 0.497 e. The van der Waals surface area contributed by atoms with Crippen molar-refractivity contribution in [2.45, 2.75) is 32.1 Å². The molecule has 0 radical (unpaired) electrons. The molecule has 0 bridgehead atoms. The molecule has 0 unspecified atom stereocenters. The molecule has 44 heavy (non-hydrogen) atoms. The summed E-state index contributed by atoms with van der Waals surface area (Å²) in [6.45, 7) is 4.42. The number of carbonyl (C=O) groups excluding carboxylic acids is 1.